The number of amides is 3. The first-order valence-corrected chi connectivity index (χ1v) is 15.2. The van der Waals surface area contributed by atoms with Gasteiger partial charge in [-0.1, -0.05) is 49.4 Å². The Balaban J connectivity index is 1.55. The van der Waals surface area contributed by atoms with E-state index in [0.717, 1.165) is 29.3 Å². The van der Waals surface area contributed by atoms with Crippen LogP contribution in [0.1, 0.15) is 32.6 Å². The normalized spacial score (nSPS) is 26.6. The number of hydrogen-bond donors (Lipinski definition) is 1. The Morgan fingerprint density at radius 3 is 2.58 bits per heavy atom. The molecule has 0 aromatic heterocycles. The van der Waals surface area contributed by atoms with E-state index in [-0.39, 0.29) is 36.1 Å². The summed E-state index contributed by atoms with van der Waals surface area (Å²) in [4.78, 5) is 48.0. The molecule has 0 saturated carbocycles. The molecule has 8 heteroatoms. The molecule has 3 fully saturated rings. The minimum atomic E-state index is -0.713. The van der Waals surface area contributed by atoms with E-state index in [1.807, 2.05) is 54.3 Å². The number of benzene rings is 2. The zero-order valence-corrected chi connectivity index (χ0v) is 24.0. The number of fused-ring (bicyclic) bond motifs is 2. The fourth-order valence-corrected chi connectivity index (χ4v) is 9.27. The van der Waals surface area contributed by atoms with Gasteiger partial charge in [0.1, 0.15) is 6.04 Å². The van der Waals surface area contributed by atoms with Crippen molar-refractivity contribution in [1.29, 1.82) is 0 Å². The molecule has 0 radical (unpaired) electrons. The zero-order chi connectivity index (χ0) is 28.4. The number of carbonyl (C=O) groups is 3. The summed E-state index contributed by atoms with van der Waals surface area (Å²) < 4.78 is -0.670. The van der Waals surface area contributed by atoms with Gasteiger partial charge in [0.2, 0.25) is 11.8 Å². The Hall–Kier alpha value is -3.10. The van der Waals surface area contributed by atoms with Gasteiger partial charge in [0.05, 0.1) is 16.6 Å². The number of aliphatic hydroxyl groups excluding tert-OH is 1. The first-order valence-electron chi connectivity index (χ1n) is 14.3. The largest absolute Gasteiger partial charge is 0.396 e. The molecule has 5 atom stereocenters. The van der Waals surface area contributed by atoms with E-state index in [9.17, 15) is 19.5 Å². The van der Waals surface area contributed by atoms with Crippen LogP contribution in [0.3, 0.4) is 0 Å². The van der Waals surface area contributed by atoms with E-state index in [0.29, 0.717) is 32.5 Å². The molecule has 5 rings (SSSR count). The number of carbonyl (C=O) groups excluding carboxylic acids is 3. The van der Waals surface area contributed by atoms with Crippen molar-refractivity contribution < 1.29 is 19.5 Å². The monoisotopic (exact) mass is 561 g/mol. The van der Waals surface area contributed by atoms with Crippen LogP contribution in [-0.2, 0) is 14.4 Å². The summed E-state index contributed by atoms with van der Waals surface area (Å²) in [5.41, 5.74) is 0.753. The Labute approximate surface area is 240 Å². The molecule has 2 unspecified atom stereocenters. The second-order valence-corrected chi connectivity index (χ2v) is 12.6. The summed E-state index contributed by atoms with van der Waals surface area (Å²) >= 11 is 1.68. The molecular weight excluding hydrogens is 522 g/mol. The van der Waals surface area contributed by atoms with Gasteiger partial charge in [-0.2, -0.15) is 0 Å². The van der Waals surface area contributed by atoms with Gasteiger partial charge < -0.3 is 19.8 Å². The highest BCUT2D eigenvalue weighted by molar-refractivity contribution is 8.02. The lowest BCUT2D eigenvalue weighted by Crippen LogP contribution is -2.55. The second-order valence-electron chi connectivity index (χ2n) is 11.0. The van der Waals surface area contributed by atoms with E-state index in [2.05, 4.69) is 13.2 Å². The molecule has 3 aliphatic heterocycles. The predicted molar refractivity (Wildman–Crippen MR) is 161 cm³/mol. The molecule has 2 aromatic carbocycles. The molecular formula is C32H39N3O4S. The lowest BCUT2D eigenvalue weighted by Gasteiger charge is -2.37. The molecule has 7 nitrogen and oxygen atoms in total. The molecule has 3 saturated heterocycles. The van der Waals surface area contributed by atoms with Crippen molar-refractivity contribution >= 4 is 45.9 Å². The molecule has 212 valence electrons. The van der Waals surface area contributed by atoms with E-state index in [4.69, 9.17) is 0 Å². The maximum Gasteiger partial charge on any atom is 0.251 e. The number of hydrogen-bond acceptors (Lipinski definition) is 5. The number of aliphatic hydroxyl groups is 1. The highest BCUT2D eigenvalue weighted by Gasteiger charge is 2.74. The third kappa shape index (κ3) is 4.65. The predicted octanol–water partition coefficient (Wildman–Crippen LogP) is 4.26. The van der Waals surface area contributed by atoms with Crippen molar-refractivity contribution in [3.05, 3.63) is 67.8 Å². The lowest BCUT2D eigenvalue weighted by atomic mass is 9.70. The molecule has 0 aliphatic carbocycles. The van der Waals surface area contributed by atoms with Crippen LogP contribution in [0.15, 0.2) is 67.8 Å². The Morgan fingerprint density at radius 1 is 1.12 bits per heavy atom. The fraction of sp³-hybridized carbons (Fsp3) is 0.469. The van der Waals surface area contributed by atoms with Crippen LogP contribution >= 0.6 is 11.8 Å². The first kappa shape index (κ1) is 28.4. The SMILES string of the molecule is C=CCN(CCC)C(=O)[C@@H]1[C@H]2C(=O)N(CCCO)C(C(=O)N(CC=C)c3ccc4ccccc4c3)C23CC[C@H]1S3. The van der Waals surface area contributed by atoms with Crippen LogP contribution in [0.5, 0.6) is 0 Å². The van der Waals surface area contributed by atoms with Gasteiger partial charge in [-0.15, -0.1) is 24.9 Å². The topological polar surface area (TPSA) is 81.2 Å². The van der Waals surface area contributed by atoms with Gasteiger partial charge in [0, 0.05) is 43.7 Å². The Bertz CT molecular complexity index is 1310. The van der Waals surface area contributed by atoms with E-state index < -0.39 is 22.6 Å². The van der Waals surface area contributed by atoms with Gasteiger partial charge in [-0.05, 0) is 48.6 Å². The van der Waals surface area contributed by atoms with Gasteiger partial charge in [-0.25, -0.2) is 0 Å². The summed E-state index contributed by atoms with van der Waals surface area (Å²) in [5, 5.41) is 11.8. The third-order valence-corrected chi connectivity index (χ3v) is 10.6. The quantitative estimate of drug-likeness (QED) is 0.392. The number of likely N-dealkylation sites (tertiary alicyclic amines) is 1. The van der Waals surface area contributed by atoms with Crippen LogP contribution in [-0.4, -0.2) is 81.5 Å². The van der Waals surface area contributed by atoms with E-state index in [1.165, 1.54) is 0 Å². The van der Waals surface area contributed by atoms with E-state index in [1.54, 1.807) is 33.7 Å². The third-order valence-electron chi connectivity index (χ3n) is 8.65. The molecule has 2 aromatic rings. The molecule has 40 heavy (non-hydrogen) atoms. The highest BCUT2D eigenvalue weighted by Crippen LogP contribution is 2.66. The number of anilines is 1. The lowest BCUT2D eigenvalue weighted by molar-refractivity contribution is -0.144. The van der Waals surface area contributed by atoms with Gasteiger partial charge in [-0.3, -0.25) is 14.4 Å². The molecule has 2 bridgehead atoms. The van der Waals surface area contributed by atoms with Crippen LogP contribution in [0.4, 0.5) is 5.69 Å². The fourth-order valence-electron chi connectivity index (χ4n) is 7.07. The smallest absolute Gasteiger partial charge is 0.251 e. The molecule has 3 aliphatic rings. The van der Waals surface area contributed by atoms with Crippen LogP contribution in [0.2, 0.25) is 0 Å². The average Bonchev–Trinajstić information content (AvgIpc) is 3.61. The maximum atomic E-state index is 14.6. The molecule has 1 spiro atoms. The maximum absolute atomic E-state index is 14.6. The zero-order valence-electron chi connectivity index (χ0n) is 23.2. The second kappa shape index (κ2) is 11.8. The van der Waals surface area contributed by atoms with Crippen molar-refractivity contribution in [3.8, 4) is 0 Å². The van der Waals surface area contributed by atoms with Crippen molar-refractivity contribution in [2.75, 3.05) is 37.7 Å². The van der Waals surface area contributed by atoms with Crippen molar-refractivity contribution in [2.45, 2.75) is 48.6 Å². The summed E-state index contributed by atoms with van der Waals surface area (Å²) in [5.74, 6) is -1.30. The summed E-state index contributed by atoms with van der Waals surface area (Å²) in [7, 11) is 0. The summed E-state index contributed by atoms with van der Waals surface area (Å²) in [6.07, 6.45) is 6.15. The molecule has 3 heterocycles. The van der Waals surface area contributed by atoms with Gasteiger partial charge in [0.15, 0.2) is 0 Å². The first-order chi connectivity index (χ1) is 19.4. The standard InChI is InChI=1S/C32H39N3O4S/c1-4-16-33(17-5-2)29(37)26-25-14-15-32(40-25)27(26)30(38)35(19-9-20-36)28(32)31(39)34(18-6-3)24-13-12-22-10-7-8-11-23(22)21-24/h4,6-8,10-13,21,25-28,36H,1,3,5,9,14-20H2,2H3/t25-,26+,27+,28?,32?/m1/s1. The number of rotatable bonds is 12. The Kier molecular flexibility index (Phi) is 8.38. The van der Waals surface area contributed by atoms with Gasteiger partial charge in [0.25, 0.3) is 5.91 Å². The van der Waals surface area contributed by atoms with Crippen molar-refractivity contribution in [3.63, 3.8) is 0 Å². The number of nitrogens with zero attached hydrogens (tertiary/aromatic N) is 3. The van der Waals surface area contributed by atoms with Crippen LogP contribution in [0.25, 0.3) is 10.8 Å². The van der Waals surface area contributed by atoms with Crippen LogP contribution in [0, 0.1) is 11.8 Å². The van der Waals surface area contributed by atoms with Crippen molar-refractivity contribution in [1.82, 2.24) is 9.80 Å². The van der Waals surface area contributed by atoms with Crippen molar-refractivity contribution in [2.24, 2.45) is 11.8 Å². The molecule has 1 N–H and O–H groups in total. The summed E-state index contributed by atoms with van der Waals surface area (Å²) in [6, 6.07) is 13.3. The van der Waals surface area contributed by atoms with Gasteiger partial charge >= 0.3 is 0 Å². The highest BCUT2D eigenvalue weighted by atomic mass is 32.2. The minimum Gasteiger partial charge on any atom is -0.396 e. The van der Waals surface area contributed by atoms with E-state index >= 15 is 0 Å². The van der Waals surface area contributed by atoms with Crippen LogP contribution < -0.4 is 4.90 Å². The summed E-state index contributed by atoms with van der Waals surface area (Å²) in [6.45, 7) is 11.3. The number of thioether (sulfide) groups is 1. The average molecular weight is 562 g/mol. The molecule has 3 amide bonds. The minimum absolute atomic E-state index is 0.00754. The Morgan fingerprint density at radius 2 is 1.88 bits per heavy atom.